The number of aromatic nitrogens is 2. The van der Waals surface area contributed by atoms with E-state index >= 15 is 0 Å². The number of rotatable bonds is 6. The summed E-state index contributed by atoms with van der Waals surface area (Å²) in [5.74, 6) is -0.749. The van der Waals surface area contributed by atoms with Crippen molar-refractivity contribution >= 4 is 11.8 Å². The molecular weight excluding hydrogens is 399 g/mol. The quantitative estimate of drug-likeness (QED) is 0.596. The number of hydrogen-bond donors (Lipinski definition) is 2. The average Bonchev–Trinajstić information content (AvgIpc) is 3.51. The first-order valence-electron chi connectivity index (χ1n) is 10.1. The lowest BCUT2D eigenvalue weighted by atomic mass is 10.1. The predicted molar refractivity (Wildman–Crippen MR) is 112 cm³/mol. The SMILES string of the molecule is Cc1ccccc1-n1ncc(C(=O)NNC(=O)C(C)Oc2ccc(F)cc2)c1C1CC1. The van der Waals surface area contributed by atoms with E-state index in [0.29, 0.717) is 11.3 Å². The Balaban J connectivity index is 1.43. The molecule has 1 heterocycles. The van der Waals surface area contributed by atoms with Gasteiger partial charge in [-0.05, 0) is 62.6 Å². The molecule has 160 valence electrons. The fourth-order valence-electron chi connectivity index (χ4n) is 3.33. The lowest BCUT2D eigenvalue weighted by Crippen LogP contribution is -2.47. The van der Waals surface area contributed by atoms with Crippen LogP contribution in [0.5, 0.6) is 5.75 Å². The van der Waals surface area contributed by atoms with Crippen molar-refractivity contribution in [3.05, 3.63) is 77.4 Å². The van der Waals surface area contributed by atoms with Gasteiger partial charge in [0.25, 0.3) is 11.8 Å². The third kappa shape index (κ3) is 4.58. The summed E-state index contributed by atoms with van der Waals surface area (Å²) in [6.45, 7) is 3.53. The van der Waals surface area contributed by atoms with Crippen LogP contribution in [0.1, 0.15) is 47.3 Å². The van der Waals surface area contributed by atoms with E-state index in [1.54, 1.807) is 0 Å². The second-order valence-corrected chi connectivity index (χ2v) is 7.57. The Morgan fingerprint density at radius 2 is 1.84 bits per heavy atom. The number of carbonyl (C=O) groups excluding carboxylic acids is 2. The van der Waals surface area contributed by atoms with Crippen LogP contribution in [0, 0.1) is 12.7 Å². The van der Waals surface area contributed by atoms with Crippen molar-refractivity contribution in [2.75, 3.05) is 0 Å². The summed E-state index contributed by atoms with van der Waals surface area (Å²) < 4.78 is 20.3. The molecule has 4 rings (SSSR count). The van der Waals surface area contributed by atoms with Gasteiger partial charge in [-0.3, -0.25) is 20.4 Å². The second kappa shape index (κ2) is 8.59. The highest BCUT2D eigenvalue weighted by molar-refractivity contribution is 5.97. The number of benzene rings is 2. The van der Waals surface area contributed by atoms with Crippen molar-refractivity contribution in [3.63, 3.8) is 0 Å². The third-order valence-corrected chi connectivity index (χ3v) is 5.15. The third-order valence-electron chi connectivity index (χ3n) is 5.15. The molecule has 0 bridgehead atoms. The van der Waals surface area contributed by atoms with Crippen LogP contribution in [0.3, 0.4) is 0 Å². The molecule has 2 aromatic carbocycles. The van der Waals surface area contributed by atoms with Gasteiger partial charge in [-0.15, -0.1) is 0 Å². The van der Waals surface area contributed by atoms with Crippen molar-refractivity contribution in [2.24, 2.45) is 0 Å². The van der Waals surface area contributed by atoms with E-state index < -0.39 is 23.7 Å². The van der Waals surface area contributed by atoms with Crippen LogP contribution in [-0.2, 0) is 4.79 Å². The lowest BCUT2D eigenvalue weighted by molar-refractivity contribution is -0.128. The Morgan fingerprint density at radius 3 is 2.52 bits per heavy atom. The molecule has 1 fully saturated rings. The van der Waals surface area contributed by atoms with Crippen LogP contribution in [0.25, 0.3) is 5.69 Å². The number of nitrogens with one attached hydrogen (secondary N) is 2. The number of ether oxygens (including phenoxy) is 1. The molecule has 8 heteroatoms. The van der Waals surface area contributed by atoms with Crippen LogP contribution in [0.4, 0.5) is 4.39 Å². The minimum absolute atomic E-state index is 0.263. The summed E-state index contributed by atoms with van der Waals surface area (Å²) in [5, 5.41) is 4.44. The van der Waals surface area contributed by atoms with E-state index in [9.17, 15) is 14.0 Å². The molecule has 0 saturated heterocycles. The molecule has 2 amide bonds. The van der Waals surface area contributed by atoms with Gasteiger partial charge >= 0.3 is 0 Å². The summed E-state index contributed by atoms with van der Waals surface area (Å²) in [5.41, 5.74) is 8.08. The highest BCUT2D eigenvalue weighted by Crippen LogP contribution is 2.42. The molecule has 2 N–H and O–H groups in total. The molecule has 0 radical (unpaired) electrons. The molecule has 1 aliphatic rings. The Hall–Kier alpha value is -3.68. The number of amides is 2. The first kappa shape index (κ1) is 20.6. The number of halogens is 1. The monoisotopic (exact) mass is 422 g/mol. The van der Waals surface area contributed by atoms with Gasteiger partial charge in [-0.1, -0.05) is 18.2 Å². The first-order chi connectivity index (χ1) is 14.9. The van der Waals surface area contributed by atoms with Crippen LogP contribution in [0.2, 0.25) is 0 Å². The topological polar surface area (TPSA) is 85.3 Å². The molecule has 0 spiro atoms. The standard InChI is InChI=1S/C23H23FN4O3/c1-14-5-3-4-6-20(14)28-21(16-7-8-16)19(13-25-28)23(30)27-26-22(29)15(2)31-18-11-9-17(24)10-12-18/h3-6,9-13,15-16H,7-8H2,1-2H3,(H,26,29)(H,27,30). The number of aryl methyl sites for hydroxylation is 1. The number of nitrogens with zero attached hydrogens (tertiary/aromatic N) is 2. The zero-order valence-corrected chi connectivity index (χ0v) is 17.3. The Morgan fingerprint density at radius 1 is 1.13 bits per heavy atom. The zero-order valence-electron chi connectivity index (χ0n) is 17.3. The lowest BCUT2D eigenvalue weighted by Gasteiger charge is -2.15. The van der Waals surface area contributed by atoms with Gasteiger partial charge in [0.05, 0.1) is 23.1 Å². The average molecular weight is 422 g/mol. The molecule has 1 saturated carbocycles. The molecule has 31 heavy (non-hydrogen) atoms. The fraction of sp³-hybridized carbons (Fsp3) is 0.261. The van der Waals surface area contributed by atoms with E-state index in [2.05, 4.69) is 16.0 Å². The highest BCUT2D eigenvalue weighted by Gasteiger charge is 2.33. The van der Waals surface area contributed by atoms with Crippen LogP contribution < -0.4 is 15.6 Å². The maximum absolute atomic E-state index is 13.0. The van der Waals surface area contributed by atoms with Crippen LogP contribution in [-0.4, -0.2) is 27.7 Å². The van der Waals surface area contributed by atoms with Gasteiger partial charge in [0.15, 0.2) is 6.10 Å². The van der Waals surface area contributed by atoms with E-state index in [4.69, 9.17) is 4.74 Å². The zero-order chi connectivity index (χ0) is 22.0. The van der Waals surface area contributed by atoms with Crippen molar-refractivity contribution in [1.82, 2.24) is 20.6 Å². The van der Waals surface area contributed by atoms with Crippen molar-refractivity contribution in [3.8, 4) is 11.4 Å². The molecular formula is C23H23FN4O3. The summed E-state index contributed by atoms with van der Waals surface area (Å²) in [4.78, 5) is 25.1. The minimum atomic E-state index is -0.886. The maximum Gasteiger partial charge on any atom is 0.279 e. The van der Waals surface area contributed by atoms with E-state index in [-0.39, 0.29) is 5.92 Å². The number of carbonyl (C=O) groups is 2. The normalized spacial score (nSPS) is 14.0. The van der Waals surface area contributed by atoms with E-state index in [1.165, 1.54) is 37.4 Å². The van der Waals surface area contributed by atoms with Crippen LogP contribution in [0.15, 0.2) is 54.7 Å². The largest absolute Gasteiger partial charge is 0.481 e. The number of para-hydroxylation sites is 1. The minimum Gasteiger partial charge on any atom is -0.481 e. The predicted octanol–water partition coefficient (Wildman–Crippen LogP) is 3.43. The van der Waals surface area contributed by atoms with Gasteiger partial charge < -0.3 is 4.74 Å². The summed E-state index contributed by atoms with van der Waals surface area (Å²) in [6.07, 6.45) is 2.63. The van der Waals surface area contributed by atoms with Gasteiger partial charge in [0.1, 0.15) is 11.6 Å². The molecule has 3 aromatic rings. The molecule has 1 aliphatic carbocycles. The summed E-state index contributed by atoms with van der Waals surface area (Å²) >= 11 is 0. The highest BCUT2D eigenvalue weighted by atomic mass is 19.1. The Kier molecular flexibility index (Phi) is 5.70. The molecule has 0 aliphatic heterocycles. The summed E-state index contributed by atoms with van der Waals surface area (Å²) in [6, 6.07) is 13.2. The van der Waals surface area contributed by atoms with E-state index in [1.807, 2.05) is 35.9 Å². The first-order valence-corrected chi connectivity index (χ1v) is 10.1. The molecule has 1 unspecified atom stereocenters. The van der Waals surface area contributed by atoms with Gasteiger partial charge in [-0.25, -0.2) is 9.07 Å². The van der Waals surface area contributed by atoms with Gasteiger partial charge in [-0.2, -0.15) is 5.10 Å². The van der Waals surface area contributed by atoms with Crippen molar-refractivity contribution in [1.29, 1.82) is 0 Å². The number of hydrazine groups is 1. The molecule has 7 nitrogen and oxygen atoms in total. The molecule has 1 aromatic heterocycles. The Bertz CT molecular complexity index is 1110. The fourth-order valence-corrected chi connectivity index (χ4v) is 3.33. The van der Waals surface area contributed by atoms with Crippen molar-refractivity contribution < 1.29 is 18.7 Å². The van der Waals surface area contributed by atoms with E-state index in [0.717, 1.165) is 29.8 Å². The van der Waals surface area contributed by atoms with Gasteiger partial charge in [0, 0.05) is 5.92 Å². The van der Waals surface area contributed by atoms with Crippen molar-refractivity contribution in [2.45, 2.75) is 38.7 Å². The second-order valence-electron chi connectivity index (χ2n) is 7.57. The number of hydrogen-bond acceptors (Lipinski definition) is 4. The van der Waals surface area contributed by atoms with Crippen LogP contribution >= 0.6 is 0 Å². The maximum atomic E-state index is 13.0. The van der Waals surface area contributed by atoms with Gasteiger partial charge in [0.2, 0.25) is 0 Å². The molecule has 1 atom stereocenters. The Labute approximate surface area is 179 Å². The smallest absolute Gasteiger partial charge is 0.279 e. The summed E-state index contributed by atoms with van der Waals surface area (Å²) in [7, 11) is 0.